The molecule has 0 fully saturated rings. The summed E-state index contributed by atoms with van der Waals surface area (Å²) in [7, 11) is 3.09. The zero-order valence-corrected chi connectivity index (χ0v) is 15.3. The quantitative estimate of drug-likeness (QED) is 0.686. The molecule has 1 heterocycles. The second kappa shape index (κ2) is 8.09. The lowest BCUT2D eigenvalue weighted by Crippen LogP contribution is -2.24. The van der Waals surface area contributed by atoms with Gasteiger partial charge in [0.05, 0.1) is 31.4 Å². The zero-order valence-electron chi connectivity index (χ0n) is 14.6. The van der Waals surface area contributed by atoms with Gasteiger partial charge < -0.3 is 19.3 Å². The van der Waals surface area contributed by atoms with Gasteiger partial charge in [0.25, 0.3) is 5.91 Å². The number of nitrogens with one attached hydrogen (secondary N) is 1. The number of carbonyl (C=O) groups is 1. The normalized spacial score (nSPS) is 10.5. The Hall–Kier alpha value is -3.06. The molecule has 0 aliphatic rings. The van der Waals surface area contributed by atoms with Gasteiger partial charge in [0.2, 0.25) is 0 Å². The molecule has 3 rings (SSSR count). The van der Waals surface area contributed by atoms with Crippen molar-refractivity contribution >= 4 is 17.5 Å². The van der Waals surface area contributed by atoms with Crippen LogP contribution >= 0.6 is 11.6 Å². The van der Waals surface area contributed by atoms with Crippen molar-refractivity contribution in [2.24, 2.45) is 0 Å². The highest BCUT2D eigenvalue weighted by Crippen LogP contribution is 2.32. The van der Waals surface area contributed by atoms with Crippen LogP contribution in [0, 0.1) is 5.82 Å². The number of nitrogens with zero attached hydrogens (tertiary/aromatic N) is 1. The van der Waals surface area contributed by atoms with E-state index in [9.17, 15) is 9.18 Å². The summed E-state index contributed by atoms with van der Waals surface area (Å²) in [5.41, 5.74) is 0.998. The molecule has 0 spiro atoms. The number of hydrogen-bond acceptors (Lipinski definition) is 5. The number of methoxy groups -OCH3 is 2. The number of amides is 1. The minimum atomic E-state index is -0.689. The van der Waals surface area contributed by atoms with Crippen LogP contribution in [0.25, 0.3) is 11.3 Å². The first-order valence-corrected chi connectivity index (χ1v) is 8.31. The average Bonchev–Trinajstić information content (AvgIpc) is 3.14. The number of halogens is 2. The van der Waals surface area contributed by atoms with Crippen LogP contribution in [-0.4, -0.2) is 25.3 Å². The van der Waals surface area contributed by atoms with Gasteiger partial charge in [-0.25, -0.2) is 4.39 Å². The second-order valence-corrected chi connectivity index (χ2v) is 5.94. The first-order chi connectivity index (χ1) is 13.0. The third-order valence-electron chi connectivity index (χ3n) is 3.85. The molecule has 1 N–H and O–H groups in total. The van der Waals surface area contributed by atoms with Crippen LogP contribution in [0.5, 0.6) is 11.5 Å². The molecule has 0 bridgehead atoms. The molecule has 8 heteroatoms. The maximum atomic E-state index is 13.8. The lowest BCUT2D eigenvalue weighted by molar-refractivity contribution is 0.0946. The Morgan fingerprint density at radius 1 is 1.19 bits per heavy atom. The third kappa shape index (κ3) is 4.03. The number of hydrogen-bond donors (Lipinski definition) is 1. The van der Waals surface area contributed by atoms with Crippen LogP contribution in [0.1, 0.15) is 16.1 Å². The monoisotopic (exact) mass is 390 g/mol. The van der Waals surface area contributed by atoms with Gasteiger partial charge in [0.1, 0.15) is 11.5 Å². The Kier molecular flexibility index (Phi) is 5.61. The van der Waals surface area contributed by atoms with Crippen molar-refractivity contribution in [1.29, 1.82) is 0 Å². The van der Waals surface area contributed by atoms with Crippen molar-refractivity contribution in [3.63, 3.8) is 0 Å². The predicted molar refractivity (Wildman–Crippen MR) is 97.6 cm³/mol. The number of aromatic nitrogens is 1. The fraction of sp³-hybridized carbons (Fsp3) is 0.158. The number of benzene rings is 2. The molecular formula is C19H16ClFN2O4. The SMILES string of the molecule is COc1ccc(-c2cc(CNC(=O)c3c(F)cccc3Cl)no2)cc1OC. The van der Waals surface area contributed by atoms with Crippen LogP contribution < -0.4 is 14.8 Å². The molecule has 0 unspecified atom stereocenters. The van der Waals surface area contributed by atoms with Crippen LogP contribution in [-0.2, 0) is 6.54 Å². The van der Waals surface area contributed by atoms with Gasteiger partial charge >= 0.3 is 0 Å². The maximum absolute atomic E-state index is 13.8. The Morgan fingerprint density at radius 2 is 1.96 bits per heavy atom. The highest BCUT2D eigenvalue weighted by atomic mass is 35.5. The van der Waals surface area contributed by atoms with E-state index in [4.69, 9.17) is 25.6 Å². The molecule has 2 aromatic carbocycles. The molecule has 0 atom stereocenters. The molecule has 6 nitrogen and oxygen atoms in total. The fourth-order valence-electron chi connectivity index (χ4n) is 2.49. The van der Waals surface area contributed by atoms with Gasteiger partial charge in [-0.3, -0.25) is 4.79 Å². The first-order valence-electron chi connectivity index (χ1n) is 7.93. The minimum absolute atomic E-state index is 0.0404. The van der Waals surface area contributed by atoms with Crippen molar-refractivity contribution < 1.29 is 23.2 Å². The van der Waals surface area contributed by atoms with E-state index in [0.717, 1.165) is 5.56 Å². The van der Waals surface area contributed by atoms with Crippen LogP contribution in [0.15, 0.2) is 47.0 Å². The second-order valence-electron chi connectivity index (χ2n) is 5.53. The fourth-order valence-corrected chi connectivity index (χ4v) is 2.74. The molecule has 0 aliphatic heterocycles. The summed E-state index contributed by atoms with van der Waals surface area (Å²) >= 11 is 5.89. The van der Waals surface area contributed by atoms with Gasteiger partial charge in [0, 0.05) is 11.6 Å². The molecule has 1 aromatic heterocycles. The van der Waals surface area contributed by atoms with Gasteiger partial charge in [-0.15, -0.1) is 0 Å². The highest BCUT2D eigenvalue weighted by Gasteiger charge is 2.16. The van der Waals surface area contributed by atoms with Crippen molar-refractivity contribution in [1.82, 2.24) is 10.5 Å². The Bertz CT molecular complexity index is 954. The summed E-state index contributed by atoms with van der Waals surface area (Å²) in [6.45, 7) is 0.0558. The summed E-state index contributed by atoms with van der Waals surface area (Å²) in [4.78, 5) is 12.2. The lowest BCUT2D eigenvalue weighted by Gasteiger charge is -2.07. The molecule has 27 heavy (non-hydrogen) atoms. The van der Waals surface area contributed by atoms with E-state index in [0.29, 0.717) is 23.0 Å². The van der Waals surface area contributed by atoms with E-state index < -0.39 is 11.7 Å². The topological polar surface area (TPSA) is 73.6 Å². The largest absolute Gasteiger partial charge is 0.493 e. The molecule has 0 radical (unpaired) electrons. The van der Waals surface area contributed by atoms with Crippen LogP contribution in [0.4, 0.5) is 4.39 Å². The number of carbonyl (C=O) groups excluding carboxylic acids is 1. The van der Waals surface area contributed by atoms with Gasteiger partial charge in [-0.05, 0) is 30.3 Å². The summed E-state index contributed by atoms with van der Waals surface area (Å²) in [6.07, 6.45) is 0. The smallest absolute Gasteiger partial charge is 0.256 e. The van der Waals surface area contributed by atoms with Crippen molar-refractivity contribution in [3.05, 3.63) is 64.6 Å². The van der Waals surface area contributed by atoms with Crippen molar-refractivity contribution in [2.45, 2.75) is 6.54 Å². The van der Waals surface area contributed by atoms with E-state index in [1.807, 2.05) is 0 Å². The van der Waals surface area contributed by atoms with Gasteiger partial charge in [-0.2, -0.15) is 0 Å². The Labute approximate surface area is 159 Å². The highest BCUT2D eigenvalue weighted by molar-refractivity contribution is 6.33. The van der Waals surface area contributed by atoms with E-state index in [-0.39, 0.29) is 17.1 Å². The first kappa shape index (κ1) is 18.7. The summed E-state index contributed by atoms with van der Waals surface area (Å²) in [5.74, 6) is 0.314. The zero-order chi connectivity index (χ0) is 19.4. The molecule has 0 saturated heterocycles. The minimum Gasteiger partial charge on any atom is -0.493 e. The average molecular weight is 391 g/mol. The van der Waals surface area contributed by atoms with Gasteiger partial charge in [0.15, 0.2) is 17.3 Å². The van der Waals surface area contributed by atoms with E-state index in [2.05, 4.69) is 10.5 Å². The third-order valence-corrected chi connectivity index (χ3v) is 4.16. The summed E-state index contributed by atoms with van der Waals surface area (Å²) in [5, 5.41) is 6.52. The molecule has 140 valence electrons. The van der Waals surface area contributed by atoms with E-state index in [1.54, 1.807) is 31.4 Å². The van der Waals surface area contributed by atoms with Crippen molar-refractivity contribution in [2.75, 3.05) is 14.2 Å². The maximum Gasteiger partial charge on any atom is 0.256 e. The van der Waals surface area contributed by atoms with Crippen molar-refractivity contribution in [3.8, 4) is 22.8 Å². The standard InChI is InChI=1S/C19H16ClFN2O4/c1-25-15-7-6-11(8-17(15)26-2)16-9-12(23-27-16)10-22-19(24)18-13(20)4-3-5-14(18)21/h3-9H,10H2,1-2H3,(H,22,24). The Morgan fingerprint density at radius 3 is 2.67 bits per heavy atom. The summed E-state index contributed by atoms with van der Waals surface area (Å²) in [6, 6.07) is 11.0. The van der Waals surface area contributed by atoms with E-state index in [1.165, 1.54) is 25.3 Å². The molecule has 0 aliphatic carbocycles. The molecule has 1 amide bonds. The molecule has 3 aromatic rings. The molecular weight excluding hydrogens is 375 g/mol. The summed E-state index contributed by atoms with van der Waals surface area (Å²) < 4.78 is 29.6. The van der Waals surface area contributed by atoms with Gasteiger partial charge in [-0.1, -0.05) is 22.8 Å². The van der Waals surface area contributed by atoms with Crippen LogP contribution in [0.3, 0.4) is 0 Å². The Balaban J connectivity index is 1.72. The number of ether oxygens (including phenoxy) is 2. The lowest BCUT2D eigenvalue weighted by atomic mass is 10.1. The number of rotatable bonds is 6. The van der Waals surface area contributed by atoms with Crippen LogP contribution in [0.2, 0.25) is 5.02 Å². The molecule has 0 saturated carbocycles. The van der Waals surface area contributed by atoms with E-state index >= 15 is 0 Å². The predicted octanol–water partition coefficient (Wildman–Crippen LogP) is 4.08.